The molecule has 0 unspecified atom stereocenters. The molecular weight excluding hydrogens is 164 g/mol. The summed E-state index contributed by atoms with van der Waals surface area (Å²) in [4.78, 5) is 0. The van der Waals surface area contributed by atoms with Gasteiger partial charge < -0.3 is 10.6 Å². The van der Waals surface area contributed by atoms with E-state index in [1.54, 1.807) is 0 Å². The van der Waals surface area contributed by atoms with Gasteiger partial charge in [-0.2, -0.15) is 0 Å². The number of hydrogen-bond donors (Lipinski definition) is 2. The first-order chi connectivity index (χ1) is 5.17. The molecule has 0 aromatic heterocycles. The van der Waals surface area contributed by atoms with E-state index in [2.05, 4.69) is 10.6 Å². The highest BCUT2D eigenvalue weighted by Gasteiger charge is 2.44. The summed E-state index contributed by atoms with van der Waals surface area (Å²) in [7, 11) is -2.69. The van der Waals surface area contributed by atoms with Crippen LogP contribution in [0.1, 0.15) is 0 Å². The summed E-state index contributed by atoms with van der Waals surface area (Å²) in [6, 6.07) is 0.683. The van der Waals surface area contributed by atoms with Crippen LogP contribution in [0.4, 0.5) is 0 Å². The minimum atomic E-state index is -2.69. The van der Waals surface area contributed by atoms with E-state index in [1.807, 2.05) is 0 Å². The quantitative estimate of drug-likeness (QED) is 0.401. The molecule has 0 aromatic carbocycles. The molecule has 64 valence electrons. The number of nitrogens with two attached hydrogens (primary N) is 2. The molecule has 0 aromatic rings. The second-order valence-corrected chi connectivity index (χ2v) is 5.61. The molecule has 0 bridgehead atoms. The first kappa shape index (κ1) is 7.52. The summed E-state index contributed by atoms with van der Waals surface area (Å²) in [6.45, 7) is 2.13. The molecule has 0 spiro atoms. The van der Waals surface area contributed by atoms with Crippen LogP contribution in [0.2, 0.25) is 0 Å². The first-order valence-corrected chi connectivity index (χ1v) is 5.87. The third-order valence-corrected chi connectivity index (χ3v) is 4.33. The van der Waals surface area contributed by atoms with Crippen molar-refractivity contribution < 1.29 is 19.1 Å². The van der Waals surface area contributed by atoms with Crippen LogP contribution in [0.5, 0.6) is 0 Å². The fourth-order valence-electron chi connectivity index (χ4n) is 2.01. The molecule has 2 heterocycles. The standard InChI is InChI=1S/C6H12N2O2S/c9-11(10)3-5-6(4-11)8-2-1-7-5/h5-8H,1-4H2/p+2/t5-,6-/m0/s1. The predicted octanol–water partition coefficient (Wildman–Crippen LogP) is -3.71. The van der Waals surface area contributed by atoms with Crippen molar-refractivity contribution in [1.82, 2.24) is 0 Å². The molecule has 2 saturated heterocycles. The Hall–Kier alpha value is -0.130. The summed E-state index contributed by atoms with van der Waals surface area (Å²) >= 11 is 0. The number of quaternary nitrogens is 2. The molecule has 0 aliphatic carbocycles. The molecule has 4 N–H and O–H groups in total. The zero-order chi connectivity index (χ0) is 7.90. The number of piperazine rings is 1. The maximum atomic E-state index is 11.2. The van der Waals surface area contributed by atoms with Gasteiger partial charge in [0.25, 0.3) is 0 Å². The predicted molar refractivity (Wildman–Crippen MR) is 39.8 cm³/mol. The molecule has 2 fully saturated rings. The van der Waals surface area contributed by atoms with Crippen molar-refractivity contribution in [3.05, 3.63) is 0 Å². The lowest BCUT2D eigenvalue weighted by Gasteiger charge is -2.19. The maximum absolute atomic E-state index is 11.2. The van der Waals surface area contributed by atoms with Crippen LogP contribution < -0.4 is 10.6 Å². The normalized spacial score (nSPS) is 41.8. The summed E-state index contributed by atoms with van der Waals surface area (Å²) < 4.78 is 22.3. The van der Waals surface area contributed by atoms with E-state index in [-0.39, 0.29) is 0 Å². The molecule has 2 aliphatic rings. The van der Waals surface area contributed by atoms with Crippen molar-refractivity contribution in [3.63, 3.8) is 0 Å². The van der Waals surface area contributed by atoms with Gasteiger partial charge in [-0.15, -0.1) is 0 Å². The van der Waals surface area contributed by atoms with Crippen molar-refractivity contribution in [2.75, 3.05) is 24.6 Å². The summed E-state index contributed by atoms with van der Waals surface area (Å²) in [5, 5.41) is 4.35. The SMILES string of the molecule is O=S1(=O)C[C@@H]2[NH2+]CC[NH2+][C@H]2C1. The topological polar surface area (TPSA) is 67.4 Å². The lowest BCUT2D eigenvalue weighted by molar-refractivity contribution is -0.826. The monoisotopic (exact) mass is 178 g/mol. The fraction of sp³-hybridized carbons (Fsp3) is 1.00. The number of hydrogen-bond acceptors (Lipinski definition) is 2. The molecule has 5 heteroatoms. The van der Waals surface area contributed by atoms with E-state index < -0.39 is 9.84 Å². The lowest BCUT2D eigenvalue weighted by Crippen LogP contribution is -3.11. The van der Waals surface area contributed by atoms with Crippen molar-refractivity contribution in [2.24, 2.45) is 0 Å². The molecule has 11 heavy (non-hydrogen) atoms. The van der Waals surface area contributed by atoms with Gasteiger partial charge in [0.05, 0.1) is 0 Å². The largest absolute Gasteiger partial charge is 0.333 e. The summed E-state index contributed by atoms with van der Waals surface area (Å²) in [5.41, 5.74) is 0. The van der Waals surface area contributed by atoms with Crippen LogP contribution in [0.15, 0.2) is 0 Å². The summed E-state index contributed by atoms with van der Waals surface area (Å²) in [5.74, 6) is 0.794. The van der Waals surface area contributed by atoms with E-state index >= 15 is 0 Å². The van der Waals surface area contributed by atoms with Crippen LogP contribution in [-0.4, -0.2) is 45.1 Å². The smallest absolute Gasteiger partial charge is 0.162 e. The van der Waals surface area contributed by atoms with Gasteiger partial charge in [-0.25, -0.2) is 8.42 Å². The van der Waals surface area contributed by atoms with Crippen molar-refractivity contribution in [2.45, 2.75) is 12.1 Å². The van der Waals surface area contributed by atoms with Gasteiger partial charge in [0.15, 0.2) is 21.9 Å². The molecule has 4 nitrogen and oxygen atoms in total. The second-order valence-electron chi connectivity index (χ2n) is 3.45. The van der Waals surface area contributed by atoms with Gasteiger partial charge in [-0.1, -0.05) is 0 Å². The van der Waals surface area contributed by atoms with Gasteiger partial charge in [0, 0.05) is 0 Å². The minimum Gasteiger partial charge on any atom is -0.333 e. The van der Waals surface area contributed by atoms with Gasteiger partial charge in [-0.3, -0.25) is 0 Å². The van der Waals surface area contributed by atoms with E-state index in [4.69, 9.17) is 0 Å². The number of fused-ring (bicyclic) bond motifs is 1. The Labute approximate surface area is 66.3 Å². The first-order valence-electron chi connectivity index (χ1n) is 4.04. The van der Waals surface area contributed by atoms with E-state index in [1.165, 1.54) is 0 Å². The van der Waals surface area contributed by atoms with Gasteiger partial charge in [0.1, 0.15) is 24.6 Å². The Kier molecular flexibility index (Phi) is 1.66. The van der Waals surface area contributed by atoms with Crippen LogP contribution in [0.3, 0.4) is 0 Å². The highest BCUT2D eigenvalue weighted by molar-refractivity contribution is 7.91. The molecule has 2 aliphatic heterocycles. The zero-order valence-electron chi connectivity index (χ0n) is 6.36. The number of sulfone groups is 1. The van der Waals surface area contributed by atoms with E-state index in [0.29, 0.717) is 23.6 Å². The highest BCUT2D eigenvalue weighted by Crippen LogP contribution is 2.07. The average molecular weight is 178 g/mol. The Bertz CT molecular complexity index is 229. The average Bonchev–Trinajstić information content (AvgIpc) is 2.21. The molecule has 2 atom stereocenters. The molecule has 0 radical (unpaired) electrons. The van der Waals surface area contributed by atoms with Crippen LogP contribution in [-0.2, 0) is 9.84 Å². The van der Waals surface area contributed by atoms with Gasteiger partial charge in [-0.05, 0) is 0 Å². The zero-order valence-corrected chi connectivity index (χ0v) is 7.18. The fourth-order valence-corrected chi connectivity index (χ4v) is 4.08. The highest BCUT2D eigenvalue weighted by atomic mass is 32.2. The second kappa shape index (κ2) is 2.43. The van der Waals surface area contributed by atoms with E-state index in [0.717, 1.165) is 13.1 Å². The molecular formula is C6H14N2O2S+2. The van der Waals surface area contributed by atoms with Crippen molar-refractivity contribution >= 4 is 9.84 Å². The van der Waals surface area contributed by atoms with Crippen molar-refractivity contribution in [3.8, 4) is 0 Å². The third-order valence-electron chi connectivity index (χ3n) is 2.55. The lowest BCUT2D eigenvalue weighted by atomic mass is 10.1. The summed E-state index contributed by atoms with van der Waals surface area (Å²) in [6.07, 6.45) is 0. The van der Waals surface area contributed by atoms with Crippen LogP contribution in [0, 0.1) is 0 Å². The van der Waals surface area contributed by atoms with Crippen molar-refractivity contribution in [1.29, 1.82) is 0 Å². The Morgan fingerprint density at radius 3 is 1.91 bits per heavy atom. The Morgan fingerprint density at radius 2 is 1.45 bits per heavy atom. The molecule has 0 saturated carbocycles. The molecule has 0 amide bonds. The van der Waals surface area contributed by atoms with Crippen LogP contribution >= 0.6 is 0 Å². The molecule has 2 rings (SSSR count). The minimum absolute atomic E-state index is 0.341. The number of rotatable bonds is 0. The Balaban J connectivity index is 2.15. The Morgan fingerprint density at radius 1 is 1.00 bits per heavy atom. The van der Waals surface area contributed by atoms with Gasteiger partial charge in [0.2, 0.25) is 0 Å². The van der Waals surface area contributed by atoms with Crippen LogP contribution in [0.25, 0.3) is 0 Å². The van der Waals surface area contributed by atoms with Gasteiger partial charge >= 0.3 is 0 Å². The van der Waals surface area contributed by atoms with E-state index in [9.17, 15) is 8.42 Å². The maximum Gasteiger partial charge on any atom is 0.162 e. The third kappa shape index (κ3) is 1.40.